The van der Waals surface area contributed by atoms with Crippen molar-refractivity contribution in [1.29, 1.82) is 0 Å². The van der Waals surface area contributed by atoms with Gasteiger partial charge in [-0.05, 0) is 19.1 Å². The summed E-state index contributed by atoms with van der Waals surface area (Å²) < 4.78 is 6.17. The number of thiazole rings is 1. The summed E-state index contributed by atoms with van der Waals surface area (Å²) in [4.78, 5) is 51.5. The van der Waals surface area contributed by atoms with E-state index in [4.69, 9.17) is 4.74 Å². The van der Waals surface area contributed by atoms with E-state index in [1.807, 2.05) is 0 Å². The molecule has 2 aromatic heterocycles. The molecule has 0 aliphatic heterocycles. The van der Waals surface area contributed by atoms with Crippen molar-refractivity contribution < 1.29 is 19.2 Å². The highest BCUT2D eigenvalue weighted by atomic mass is 32.1. The molecule has 0 aliphatic carbocycles. The van der Waals surface area contributed by atoms with Gasteiger partial charge in [0.05, 0.1) is 16.1 Å². The van der Waals surface area contributed by atoms with E-state index in [9.17, 15) is 24.5 Å². The molecule has 0 spiro atoms. The van der Waals surface area contributed by atoms with E-state index in [1.165, 1.54) is 41.0 Å². The van der Waals surface area contributed by atoms with Crippen molar-refractivity contribution in [1.82, 2.24) is 9.55 Å². The third-order valence-corrected chi connectivity index (χ3v) is 5.10. The Morgan fingerprint density at radius 3 is 2.83 bits per heavy atom. The molecule has 0 saturated heterocycles. The molecule has 0 radical (unpaired) electrons. The zero-order valence-corrected chi connectivity index (χ0v) is 16.6. The molecule has 0 saturated carbocycles. The summed E-state index contributed by atoms with van der Waals surface area (Å²) in [5, 5.41) is 14.1. The van der Waals surface area contributed by atoms with Gasteiger partial charge in [0.25, 0.3) is 11.2 Å². The van der Waals surface area contributed by atoms with Crippen molar-refractivity contribution in [2.24, 2.45) is 0 Å². The Labute approximate surface area is 173 Å². The summed E-state index contributed by atoms with van der Waals surface area (Å²) in [7, 11) is 0. The summed E-state index contributed by atoms with van der Waals surface area (Å²) >= 11 is 0.956. The quantitative estimate of drug-likeness (QED) is 0.265. The summed E-state index contributed by atoms with van der Waals surface area (Å²) in [6.07, 6.45) is 1.44. The highest BCUT2D eigenvalue weighted by molar-refractivity contribution is 7.17. The van der Waals surface area contributed by atoms with Gasteiger partial charge in [-0.25, -0.2) is 9.78 Å². The summed E-state index contributed by atoms with van der Waals surface area (Å²) in [6.45, 7) is 4.80. The fourth-order valence-corrected chi connectivity index (χ4v) is 3.59. The van der Waals surface area contributed by atoms with Crippen molar-refractivity contribution in [3.8, 4) is 0 Å². The number of hydrogen-bond donors (Lipinski definition) is 1. The minimum atomic E-state index is -0.572. The number of hydrogen-bond acceptors (Lipinski definition) is 8. The van der Waals surface area contributed by atoms with Gasteiger partial charge >= 0.3 is 5.97 Å². The third-order valence-electron chi connectivity index (χ3n) is 4.05. The molecular formula is C19H16N4O6S. The Morgan fingerprint density at radius 2 is 2.13 bits per heavy atom. The first-order valence-corrected chi connectivity index (χ1v) is 9.45. The number of non-ortho nitro benzene ring substituents is 1. The Morgan fingerprint density at radius 1 is 1.37 bits per heavy atom. The minimum absolute atomic E-state index is 0.0556. The van der Waals surface area contributed by atoms with E-state index < -0.39 is 22.4 Å². The number of nitrogens with zero attached hydrogens (tertiary/aromatic N) is 3. The van der Waals surface area contributed by atoms with Crippen LogP contribution in [0.2, 0.25) is 0 Å². The number of carbonyl (C=O) groups excluding carboxylic acids is 2. The van der Waals surface area contributed by atoms with Crippen LogP contribution in [0.3, 0.4) is 0 Å². The number of amides is 1. The van der Waals surface area contributed by atoms with Gasteiger partial charge in [0.2, 0.25) is 5.91 Å². The number of anilines is 1. The number of fused-ring (bicyclic) bond motifs is 1. The molecular weight excluding hydrogens is 412 g/mol. The number of esters is 1. The first-order valence-electron chi connectivity index (χ1n) is 8.63. The highest BCUT2D eigenvalue weighted by Gasteiger charge is 2.18. The number of nitrogens with one attached hydrogen (secondary N) is 1. The van der Waals surface area contributed by atoms with E-state index in [0.717, 1.165) is 11.3 Å². The van der Waals surface area contributed by atoms with Gasteiger partial charge in [-0.2, -0.15) is 0 Å². The molecule has 2 heterocycles. The van der Waals surface area contributed by atoms with Crippen molar-refractivity contribution in [3.05, 3.63) is 74.0 Å². The summed E-state index contributed by atoms with van der Waals surface area (Å²) in [5.41, 5.74) is 0.230. The monoisotopic (exact) mass is 428 g/mol. The first kappa shape index (κ1) is 20.9. The Balaban J connectivity index is 1.81. The van der Waals surface area contributed by atoms with Gasteiger partial charge in [0, 0.05) is 23.6 Å². The molecule has 154 valence electrons. The maximum atomic E-state index is 12.5. The minimum Gasteiger partial charge on any atom is -0.457 e. The standard InChI is InChI=1S/C19H16N4O6S/c1-3-8-29-18(26)17-11(2)20-19(30-17)21-15(24)10-22-14-6-5-13(23(27)28)9-12(14)4-7-16(22)25/h3-7,9H,1,8,10H2,2H3,(H,20,21,24). The predicted octanol–water partition coefficient (Wildman–Crippen LogP) is 2.66. The van der Waals surface area contributed by atoms with Gasteiger partial charge in [-0.15, -0.1) is 0 Å². The lowest BCUT2D eigenvalue weighted by molar-refractivity contribution is -0.384. The van der Waals surface area contributed by atoms with Crippen LogP contribution in [0.1, 0.15) is 15.4 Å². The van der Waals surface area contributed by atoms with Crippen molar-refractivity contribution in [2.45, 2.75) is 13.5 Å². The summed E-state index contributed by atoms with van der Waals surface area (Å²) in [5.74, 6) is -1.11. The maximum absolute atomic E-state index is 12.5. The molecule has 0 aliphatic rings. The molecule has 3 aromatic rings. The van der Waals surface area contributed by atoms with E-state index in [2.05, 4.69) is 16.9 Å². The highest BCUT2D eigenvalue weighted by Crippen LogP contribution is 2.24. The van der Waals surface area contributed by atoms with Crippen LogP contribution in [-0.2, 0) is 16.1 Å². The number of benzene rings is 1. The largest absolute Gasteiger partial charge is 0.457 e. The number of aryl methyl sites for hydroxylation is 1. The molecule has 0 unspecified atom stereocenters. The van der Waals surface area contributed by atoms with Crippen molar-refractivity contribution in [2.75, 3.05) is 11.9 Å². The second-order valence-corrected chi connectivity index (χ2v) is 7.13. The van der Waals surface area contributed by atoms with Gasteiger partial charge < -0.3 is 10.1 Å². The Bertz CT molecular complexity index is 1230. The molecule has 10 nitrogen and oxygen atoms in total. The number of pyridine rings is 1. The molecule has 0 bridgehead atoms. The second kappa shape index (κ2) is 8.66. The van der Waals surface area contributed by atoms with Gasteiger partial charge in [0.15, 0.2) is 5.13 Å². The molecule has 0 fully saturated rings. The molecule has 1 N–H and O–H groups in total. The smallest absolute Gasteiger partial charge is 0.350 e. The average Bonchev–Trinajstić information content (AvgIpc) is 3.07. The SMILES string of the molecule is C=CCOC(=O)c1sc(NC(=O)Cn2c(=O)ccc3cc([N+](=O)[O-])ccc32)nc1C. The molecule has 0 atom stereocenters. The van der Waals surface area contributed by atoms with E-state index in [1.54, 1.807) is 6.92 Å². The number of nitro benzene ring substituents is 1. The topological polar surface area (TPSA) is 133 Å². The predicted molar refractivity (Wildman–Crippen MR) is 111 cm³/mol. The lowest BCUT2D eigenvalue weighted by Gasteiger charge is -2.09. The van der Waals surface area contributed by atoms with Gasteiger partial charge in [-0.1, -0.05) is 24.0 Å². The van der Waals surface area contributed by atoms with E-state index in [-0.39, 0.29) is 28.8 Å². The van der Waals surface area contributed by atoms with Crippen LogP contribution in [-0.4, -0.2) is 33.0 Å². The first-order chi connectivity index (χ1) is 14.3. The fourth-order valence-electron chi connectivity index (χ4n) is 2.71. The maximum Gasteiger partial charge on any atom is 0.350 e. The Hall–Kier alpha value is -3.86. The molecule has 30 heavy (non-hydrogen) atoms. The lowest BCUT2D eigenvalue weighted by atomic mass is 10.2. The molecule has 11 heteroatoms. The number of ether oxygens (including phenoxy) is 1. The van der Waals surface area contributed by atoms with Crippen LogP contribution in [0.4, 0.5) is 10.8 Å². The number of rotatable bonds is 7. The van der Waals surface area contributed by atoms with Crippen molar-refractivity contribution in [3.63, 3.8) is 0 Å². The molecule has 1 aromatic carbocycles. The van der Waals surface area contributed by atoms with Crippen LogP contribution < -0.4 is 10.9 Å². The van der Waals surface area contributed by atoms with Crippen LogP contribution in [0.15, 0.2) is 47.8 Å². The fraction of sp³-hybridized carbons (Fsp3) is 0.158. The number of nitro groups is 1. The molecule has 1 amide bonds. The van der Waals surface area contributed by atoms with Gasteiger partial charge in [-0.3, -0.25) is 24.3 Å². The molecule has 3 rings (SSSR count). The zero-order valence-electron chi connectivity index (χ0n) is 15.8. The second-order valence-electron chi connectivity index (χ2n) is 6.13. The van der Waals surface area contributed by atoms with Crippen LogP contribution >= 0.6 is 11.3 Å². The average molecular weight is 428 g/mol. The van der Waals surface area contributed by atoms with Gasteiger partial charge in [0.1, 0.15) is 18.0 Å². The number of carbonyl (C=O) groups is 2. The third kappa shape index (κ3) is 4.41. The van der Waals surface area contributed by atoms with Crippen molar-refractivity contribution >= 4 is 44.9 Å². The lowest BCUT2D eigenvalue weighted by Crippen LogP contribution is -2.27. The zero-order chi connectivity index (χ0) is 21.8. The Kier molecular flexibility index (Phi) is 6.02. The normalized spacial score (nSPS) is 10.6. The van der Waals surface area contributed by atoms with E-state index in [0.29, 0.717) is 16.6 Å². The van der Waals surface area contributed by atoms with Crippen LogP contribution in [0.5, 0.6) is 0 Å². The van der Waals surface area contributed by atoms with E-state index >= 15 is 0 Å². The number of aromatic nitrogens is 2. The van der Waals surface area contributed by atoms with Crippen LogP contribution in [0, 0.1) is 17.0 Å². The van der Waals surface area contributed by atoms with Crippen LogP contribution in [0.25, 0.3) is 10.9 Å². The summed E-state index contributed by atoms with van der Waals surface area (Å²) in [6, 6.07) is 6.71.